The van der Waals surface area contributed by atoms with Gasteiger partial charge in [0.1, 0.15) is 12.9 Å². The molecule has 1 atom stereocenters. The third-order valence-electron chi connectivity index (χ3n) is 3.52. The topological polar surface area (TPSA) is 150 Å². The van der Waals surface area contributed by atoms with Gasteiger partial charge in [-0.3, -0.25) is 29.8 Å². The summed E-state index contributed by atoms with van der Waals surface area (Å²) in [6, 6.07) is 11.3. The van der Waals surface area contributed by atoms with Crippen LogP contribution in [0, 0.1) is 20.2 Å². The molecule has 0 amide bonds. The van der Waals surface area contributed by atoms with E-state index in [1.807, 2.05) is 0 Å². The monoisotopic (exact) mass is 444 g/mol. The van der Waals surface area contributed by atoms with Gasteiger partial charge in [0.25, 0.3) is 11.4 Å². The third-order valence-corrected chi connectivity index (χ3v) is 3.52. The molecule has 10 heteroatoms. The smallest absolute Gasteiger partial charge is 0.302 e. The molecule has 0 spiro atoms. The van der Waals surface area contributed by atoms with Crippen molar-refractivity contribution in [3.8, 4) is 0 Å². The van der Waals surface area contributed by atoms with Gasteiger partial charge in [-0.1, -0.05) is 18.7 Å². The van der Waals surface area contributed by atoms with Crippen molar-refractivity contribution in [3.63, 3.8) is 0 Å². The third kappa shape index (κ3) is 11.7. The number of carbonyl (C=O) groups excluding carboxylic acids is 2. The lowest BCUT2D eigenvalue weighted by Gasteiger charge is -2.06. The number of nitro groups is 2. The molecule has 32 heavy (non-hydrogen) atoms. The van der Waals surface area contributed by atoms with Crippen molar-refractivity contribution in [2.24, 2.45) is 0 Å². The van der Waals surface area contributed by atoms with Crippen molar-refractivity contribution in [1.82, 2.24) is 0 Å². The summed E-state index contributed by atoms with van der Waals surface area (Å²) in [7, 11) is 0. The molecule has 0 aliphatic heterocycles. The normalized spacial score (nSPS) is 10.1. The van der Waals surface area contributed by atoms with Gasteiger partial charge in [0.05, 0.1) is 16.0 Å². The highest BCUT2D eigenvalue weighted by Crippen LogP contribution is 2.20. The number of non-ortho nitro benzene ring substituents is 2. The molecule has 2 aromatic rings. The van der Waals surface area contributed by atoms with Crippen LogP contribution in [0.4, 0.5) is 11.4 Å². The predicted octanol–water partition coefficient (Wildman–Crippen LogP) is 4.35. The molecule has 1 unspecified atom stereocenters. The molecule has 2 aromatic carbocycles. The summed E-state index contributed by atoms with van der Waals surface area (Å²) < 4.78 is 4.43. The van der Waals surface area contributed by atoms with Crippen LogP contribution in [0.15, 0.2) is 73.8 Å². The largest absolute Gasteiger partial charge is 0.462 e. The Balaban J connectivity index is 0.000000478. The summed E-state index contributed by atoms with van der Waals surface area (Å²) in [6.45, 7) is 8.54. The quantitative estimate of drug-likeness (QED) is 0.208. The van der Waals surface area contributed by atoms with Gasteiger partial charge >= 0.3 is 5.97 Å². The first kappa shape index (κ1) is 27.8. The Hall–Kier alpha value is -4.18. The van der Waals surface area contributed by atoms with E-state index >= 15 is 0 Å². The highest BCUT2D eigenvalue weighted by atomic mass is 16.6. The van der Waals surface area contributed by atoms with Crippen molar-refractivity contribution >= 4 is 23.6 Å². The van der Waals surface area contributed by atoms with E-state index in [4.69, 9.17) is 0 Å². The molecule has 0 fully saturated rings. The van der Waals surface area contributed by atoms with E-state index in [9.17, 15) is 34.9 Å². The highest BCUT2D eigenvalue weighted by molar-refractivity contribution is 5.75. The maximum atomic E-state index is 10.3. The fourth-order valence-corrected chi connectivity index (χ4v) is 1.96. The first-order valence-electron chi connectivity index (χ1n) is 9.13. The van der Waals surface area contributed by atoms with Gasteiger partial charge in [-0.05, 0) is 36.2 Å². The van der Waals surface area contributed by atoms with E-state index < -0.39 is 16.0 Å². The minimum atomic E-state index is -0.631. The molecule has 0 aliphatic rings. The van der Waals surface area contributed by atoms with E-state index in [0.717, 1.165) is 0 Å². The molecule has 0 saturated carbocycles. The van der Waals surface area contributed by atoms with Crippen LogP contribution in [0.3, 0.4) is 0 Å². The summed E-state index contributed by atoms with van der Waals surface area (Å²) in [4.78, 5) is 39.5. The molecule has 0 heterocycles. The minimum absolute atomic E-state index is 0.00407. The molecular weight excluding hydrogens is 420 g/mol. The van der Waals surface area contributed by atoms with E-state index in [0.29, 0.717) is 30.4 Å². The number of rotatable bonds is 8. The summed E-state index contributed by atoms with van der Waals surface area (Å²) in [5.74, 6) is -0.264. The average molecular weight is 444 g/mol. The number of hydrogen-bond acceptors (Lipinski definition) is 8. The Morgan fingerprint density at radius 1 is 1.00 bits per heavy atom. The molecule has 10 nitrogen and oxygen atoms in total. The second-order valence-electron chi connectivity index (χ2n) is 5.95. The molecule has 0 radical (unpaired) electrons. The number of carbonyl (C=O) groups is 2. The van der Waals surface area contributed by atoms with Crippen LogP contribution in [0.1, 0.15) is 35.4 Å². The van der Waals surface area contributed by atoms with Crippen LogP contribution in [-0.2, 0) is 9.53 Å². The van der Waals surface area contributed by atoms with Crippen LogP contribution >= 0.6 is 0 Å². The van der Waals surface area contributed by atoms with Crippen molar-refractivity contribution < 1.29 is 29.3 Å². The van der Waals surface area contributed by atoms with Gasteiger partial charge in [-0.15, -0.1) is 6.58 Å². The SMILES string of the molecule is C=CCC(O)c1ccc([N+](=O)[O-])cc1.C=CCOC(C)=O.O=Cc1ccc([N+](=O)[O-])cc1. The standard InChI is InChI=1S/C10H11NO3.C7H5NO3.C5H8O2/c1-2-3-10(12)8-4-6-9(7-5-8)11(13)14;9-5-6-1-3-7(4-2-6)8(10)11;1-3-4-7-5(2)6/h2,4-7,10,12H,1,3H2;1-5H;3H,1,4H2,2H3. The molecule has 0 aromatic heterocycles. The number of nitro benzene ring substituents is 2. The van der Waals surface area contributed by atoms with Gasteiger partial charge in [0.2, 0.25) is 0 Å². The lowest BCUT2D eigenvalue weighted by molar-refractivity contribution is -0.385. The summed E-state index contributed by atoms with van der Waals surface area (Å²) in [5, 5.41) is 30.0. The zero-order chi connectivity index (χ0) is 24.5. The van der Waals surface area contributed by atoms with Gasteiger partial charge in [0, 0.05) is 36.8 Å². The van der Waals surface area contributed by atoms with Crippen LogP contribution < -0.4 is 0 Å². The molecule has 1 N–H and O–H groups in total. The van der Waals surface area contributed by atoms with Crippen LogP contribution in [0.5, 0.6) is 0 Å². The van der Waals surface area contributed by atoms with E-state index in [1.165, 1.54) is 49.4 Å². The number of benzene rings is 2. The van der Waals surface area contributed by atoms with Crippen LogP contribution in [-0.4, -0.2) is 33.8 Å². The number of aldehydes is 1. The number of ether oxygens (including phenoxy) is 1. The second kappa shape index (κ2) is 15.6. The summed E-state index contributed by atoms with van der Waals surface area (Å²) in [6.07, 6.45) is 3.59. The Bertz CT molecular complexity index is 909. The number of aliphatic hydroxyl groups is 1. The number of nitrogens with zero attached hydrogens (tertiary/aromatic N) is 2. The van der Waals surface area contributed by atoms with Crippen molar-refractivity contribution in [3.05, 3.63) is 105 Å². The Kier molecular flexibility index (Phi) is 13.6. The van der Waals surface area contributed by atoms with Gasteiger partial charge in [-0.25, -0.2) is 0 Å². The van der Waals surface area contributed by atoms with Crippen LogP contribution in [0.25, 0.3) is 0 Å². The summed E-state index contributed by atoms with van der Waals surface area (Å²) in [5.41, 5.74) is 1.13. The predicted molar refractivity (Wildman–Crippen MR) is 118 cm³/mol. The van der Waals surface area contributed by atoms with Crippen molar-refractivity contribution in [2.45, 2.75) is 19.4 Å². The van der Waals surface area contributed by atoms with E-state index in [1.54, 1.807) is 18.2 Å². The lowest BCUT2D eigenvalue weighted by atomic mass is 10.1. The van der Waals surface area contributed by atoms with Gasteiger partial charge in [-0.2, -0.15) is 0 Å². The zero-order valence-corrected chi connectivity index (χ0v) is 17.5. The molecule has 0 saturated heterocycles. The number of esters is 1. The zero-order valence-electron chi connectivity index (χ0n) is 17.5. The minimum Gasteiger partial charge on any atom is -0.462 e. The Morgan fingerprint density at radius 3 is 1.78 bits per heavy atom. The average Bonchev–Trinajstić information content (AvgIpc) is 2.78. The van der Waals surface area contributed by atoms with Crippen molar-refractivity contribution in [2.75, 3.05) is 6.61 Å². The van der Waals surface area contributed by atoms with Gasteiger partial charge < -0.3 is 9.84 Å². The maximum absolute atomic E-state index is 10.3. The Morgan fingerprint density at radius 2 is 1.47 bits per heavy atom. The van der Waals surface area contributed by atoms with Gasteiger partial charge in [0.15, 0.2) is 0 Å². The Labute approximate surface area is 184 Å². The van der Waals surface area contributed by atoms with Crippen LogP contribution in [0.2, 0.25) is 0 Å². The lowest BCUT2D eigenvalue weighted by Crippen LogP contribution is -1.96. The van der Waals surface area contributed by atoms with Crippen molar-refractivity contribution in [1.29, 1.82) is 0 Å². The molecule has 2 rings (SSSR count). The fraction of sp³-hybridized carbons (Fsp3) is 0.182. The highest BCUT2D eigenvalue weighted by Gasteiger charge is 2.08. The molecular formula is C22H24N2O8. The first-order valence-corrected chi connectivity index (χ1v) is 9.13. The fourth-order valence-electron chi connectivity index (χ4n) is 1.96. The maximum Gasteiger partial charge on any atom is 0.302 e. The van der Waals surface area contributed by atoms with E-state index in [-0.39, 0.29) is 17.3 Å². The van der Waals surface area contributed by atoms with E-state index in [2.05, 4.69) is 17.9 Å². The molecule has 170 valence electrons. The number of aliphatic hydroxyl groups excluding tert-OH is 1. The molecule has 0 aliphatic carbocycles. The number of hydrogen-bond donors (Lipinski definition) is 1. The molecule has 0 bridgehead atoms. The second-order valence-corrected chi connectivity index (χ2v) is 5.95. The summed E-state index contributed by atoms with van der Waals surface area (Å²) >= 11 is 0. The first-order chi connectivity index (χ1) is 15.2.